The minimum atomic E-state index is -0.211. The molecule has 2 amide bonds. The monoisotopic (exact) mass is 495 g/mol. The van der Waals surface area contributed by atoms with Gasteiger partial charge in [0.1, 0.15) is 5.82 Å². The summed E-state index contributed by atoms with van der Waals surface area (Å²) >= 11 is 19.7. The summed E-state index contributed by atoms with van der Waals surface area (Å²) in [5, 5.41) is 5.26. The summed E-state index contributed by atoms with van der Waals surface area (Å²) < 4.78 is 4.50. The molecule has 1 fully saturated rings. The van der Waals surface area contributed by atoms with Crippen molar-refractivity contribution in [1.29, 1.82) is 0 Å². The van der Waals surface area contributed by atoms with Crippen molar-refractivity contribution >= 4 is 63.2 Å². The molecule has 3 aromatic rings. The standard InChI is InChI=1S/C21H20Cl3N5OS/c22-15-7-5-14(6-8-15)13-18-25-21(31-27-18)29-10-2-9-28(11-12-29)20(30)26-19-16(23)3-1-4-17(19)24/h1,3-8H,2,9-13H2,(H,26,30). The molecule has 0 spiro atoms. The van der Waals surface area contributed by atoms with Crippen LogP contribution in [0.3, 0.4) is 0 Å². The van der Waals surface area contributed by atoms with Gasteiger partial charge in [0.2, 0.25) is 5.13 Å². The lowest BCUT2D eigenvalue weighted by atomic mass is 10.1. The van der Waals surface area contributed by atoms with E-state index in [1.54, 1.807) is 23.1 Å². The third kappa shape index (κ3) is 5.60. The predicted molar refractivity (Wildman–Crippen MR) is 128 cm³/mol. The van der Waals surface area contributed by atoms with Crippen LogP contribution in [0.25, 0.3) is 0 Å². The van der Waals surface area contributed by atoms with Gasteiger partial charge in [0.25, 0.3) is 0 Å². The molecule has 1 aliphatic heterocycles. The zero-order chi connectivity index (χ0) is 21.8. The first-order valence-electron chi connectivity index (χ1n) is 9.81. The minimum Gasteiger partial charge on any atom is -0.345 e. The summed E-state index contributed by atoms with van der Waals surface area (Å²) in [6.07, 6.45) is 1.49. The van der Waals surface area contributed by atoms with Crippen LogP contribution in [0.4, 0.5) is 15.6 Å². The predicted octanol–water partition coefficient (Wildman–Crippen LogP) is 5.83. The number of carbonyl (C=O) groups excluding carboxylic acids is 1. The summed E-state index contributed by atoms with van der Waals surface area (Å²) in [5.74, 6) is 0.787. The van der Waals surface area contributed by atoms with Crippen molar-refractivity contribution in [3.63, 3.8) is 0 Å². The number of benzene rings is 2. The van der Waals surface area contributed by atoms with E-state index in [1.807, 2.05) is 24.3 Å². The quantitative estimate of drug-likeness (QED) is 0.493. The maximum Gasteiger partial charge on any atom is 0.321 e. The largest absolute Gasteiger partial charge is 0.345 e. The molecule has 1 saturated heterocycles. The summed E-state index contributed by atoms with van der Waals surface area (Å²) in [6.45, 7) is 2.70. The lowest BCUT2D eigenvalue weighted by Crippen LogP contribution is -2.38. The van der Waals surface area contributed by atoms with Gasteiger partial charge in [-0.3, -0.25) is 0 Å². The van der Waals surface area contributed by atoms with E-state index >= 15 is 0 Å². The minimum absolute atomic E-state index is 0.211. The highest BCUT2D eigenvalue weighted by atomic mass is 35.5. The van der Waals surface area contributed by atoms with Crippen LogP contribution in [0.15, 0.2) is 42.5 Å². The number of urea groups is 1. The number of para-hydroxylation sites is 1. The maximum atomic E-state index is 12.7. The van der Waals surface area contributed by atoms with Crippen molar-refractivity contribution in [2.45, 2.75) is 12.8 Å². The van der Waals surface area contributed by atoms with E-state index in [1.165, 1.54) is 11.5 Å². The van der Waals surface area contributed by atoms with Gasteiger partial charge in [0, 0.05) is 49.2 Å². The van der Waals surface area contributed by atoms with Gasteiger partial charge in [-0.25, -0.2) is 9.78 Å². The fourth-order valence-corrected chi connectivity index (χ4v) is 4.70. The molecule has 0 aliphatic carbocycles. The summed E-state index contributed by atoms with van der Waals surface area (Å²) in [7, 11) is 0. The van der Waals surface area contributed by atoms with Gasteiger partial charge >= 0.3 is 6.03 Å². The highest BCUT2D eigenvalue weighted by Crippen LogP contribution is 2.30. The topological polar surface area (TPSA) is 61.4 Å². The van der Waals surface area contributed by atoms with Crippen molar-refractivity contribution < 1.29 is 4.79 Å². The third-order valence-corrected chi connectivity index (χ3v) is 6.68. The van der Waals surface area contributed by atoms with E-state index in [0.29, 0.717) is 46.8 Å². The Hall–Kier alpha value is -2.06. The van der Waals surface area contributed by atoms with Gasteiger partial charge < -0.3 is 15.1 Å². The highest BCUT2D eigenvalue weighted by molar-refractivity contribution is 7.09. The fraction of sp³-hybridized carbons (Fsp3) is 0.286. The zero-order valence-electron chi connectivity index (χ0n) is 16.5. The molecule has 1 aliphatic rings. The molecule has 0 unspecified atom stereocenters. The summed E-state index contributed by atoms with van der Waals surface area (Å²) in [6, 6.07) is 12.6. The van der Waals surface area contributed by atoms with E-state index in [4.69, 9.17) is 39.8 Å². The Morgan fingerprint density at radius 2 is 1.74 bits per heavy atom. The van der Waals surface area contributed by atoms with E-state index in [-0.39, 0.29) is 6.03 Å². The van der Waals surface area contributed by atoms with Crippen LogP contribution in [-0.4, -0.2) is 46.5 Å². The Morgan fingerprint density at radius 3 is 2.48 bits per heavy atom. The Morgan fingerprint density at radius 1 is 1.00 bits per heavy atom. The van der Waals surface area contributed by atoms with E-state index < -0.39 is 0 Å². The molecule has 0 bridgehead atoms. The second kappa shape index (κ2) is 10.0. The van der Waals surface area contributed by atoms with E-state index in [0.717, 1.165) is 29.5 Å². The summed E-state index contributed by atoms with van der Waals surface area (Å²) in [4.78, 5) is 21.4. The number of aromatic nitrogens is 2. The van der Waals surface area contributed by atoms with Crippen LogP contribution in [0.1, 0.15) is 17.8 Å². The lowest BCUT2D eigenvalue weighted by molar-refractivity contribution is 0.215. The van der Waals surface area contributed by atoms with Crippen LogP contribution in [0, 0.1) is 0 Å². The van der Waals surface area contributed by atoms with Crippen LogP contribution in [0.2, 0.25) is 15.1 Å². The highest BCUT2D eigenvalue weighted by Gasteiger charge is 2.22. The average Bonchev–Trinajstić information content (AvgIpc) is 3.07. The van der Waals surface area contributed by atoms with Crippen LogP contribution in [-0.2, 0) is 6.42 Å². The van der Waals surface area contributed by atoms with Crippen molar-refractivity contribution in [2.24, 2.45) is 0 Å². The van der Waals surface area contributed by atoms with Crippen molar-refractivity contribution in [3.05, 3.63) is 68.9 Å². The molecule has 2 heterocycles. The average molecular weight is 497 g/mol. The first-order chi connectivity index (χ1) is 15.0. The third-order valence-electron chi connectivity index (χ3n) is 4.98. The first kappa shape index (κ1) is 22.1. The molecule has 1 N–H and O–H groups in total. The zero-order valence-corrected chi connectivity index (χ0v) is 19.6. The van der Waals surface area contributed by atoms with Crippen molar-refractivity contribution in [1.82, 2.24) is 14.3 Å². The van der Waals surface area contributed by atoms with Gasteiger partial charge in [-0.05, 0) is 36.2 Å². The molecule has 4 rings (SSSR count). The van der Waals surface area contributed by atoms with Gasteiger partial charge in [-0.1, -0.05) is 53.0 Å². The summed E-state index contributed by atoms with van der Waals surface area (Å²) in [5.41, 5.74) is 1.55. The van der Waals surface area contributed by atoms with E-state index in [2.05, 4.69) is 14.6 Å². The number of amides is 2. The van der Waals surface area contributed by atoms with Gasteiger partial charge in [0.05, 0.1) is 15.7 Å². The normalized spacial score (nSPS) is 14.4. The molecule has 162 valence electrons. The molecule has 0 radical (unpaired) electrons. The number of hydrogen-bond acceptors (Lipinski definition) is 5. The van der Waals surface area contributed by atoms with Gasteiger partial charge in [-0.2, -0.15) is 4.37 Å². The van der Waals surface area contributed by atoms with Crippen molar-refractivity contribution in [3.8, 4) is 0 Å². The van der Waals surface area contributed by atoms with Crippen LogP contribution in [0.5, 0.6) is 0 Å². The van der Waals surface area contributed by atoms with Crippen LogP contribution >= 0.6 is 46.3 Å². The Labute approximate surface area is 199 Å². The molecular formula is C21H20Cl3N5OS. The Balaban J connectivity index is 1.36. The SMILES string of the molecule is O=C(Nc1c(Cl)cccc1Cl)N1CCCN(c2nc(Cc3ccc(Cl)cc3)ns2)CC1. The van der Waals surface area contributed by atoms with E-state index in [9.17, 15) is 4.79 Å². The number of nitrogens with one attached hydrogen (secondary N) is 1. The number of rotatable bonds is 4. The number of nitrogens with zero attached hydrogens (tertiary/aromatic N) is 4. The maximum absolute atomic E-state index is 12.7. The van der Waals surface area contributed by atoms with Crippen molar-refractivity contribution in [2.75, 3.05) is 36.4 Å². The Bertz CT molecular complexity index is 1040. The molecule has 10 heteroatoms. The first-order valence-corrected chi connectivity index (χ1v) is 11.7. The smallest absolute Gasteiger partial charge is 0.321 e. The van der Waals surface area contributed by atoms with Gasteiger partial charge in [0.15, 0.2) is 0 Å². The molecule has 31 heavy (non-hydrogen) atoms. The Kier molecular flexibility index (Phi) is 7.17. The molecule has 0 atom stereocenters. The molecular weight excluding hydrogens is 477 g/mol. The second-order valence-corrected chi connectivity index (χ2v) is 9.13. The second-order valence-electron chi connectivity index (χ2n) is 7.15. The number of carbonyl (C=O) groups is 1. The molecule has 0 saturated carbocycles. The molecule has 6 nitrogen and oxygen atoms in total. The molecule has 1 aromatic heterocycles. The number of anilines is 2. The fourth-order valence-electron chi connectivity index (χ4n) is 3.34. The molecule has 2 aromatic carbocycles. The van der Waals surface area contributed by atoms with Gasteiger partial charge in [-0.15, -0.1) is 0 Å². The lowest BCUT2D eigenvalue weighted by Gasteiger charge is -2.22. The van der Waals surface area contributed by atoms with Crippen LogP contribution < -0.4 is 10.2 Å². The number of halogens is 3. The number of hydrogen-bond donors (Lipinski definition) is 1.